The van der Waals surface area contributed by atoms with Crippen LogP contribution < -0.4 is 10.5 Å². The van der Waals surface area contributed by atoms with Crippen molar-refractivity contribution in [1.29, 1.82) is 0 Å². The number of aromatic nitrogens is 2. The first-order valence-electron chi connectivity index (χ1n) is 6.09. The zero-order valence-corrected chi connectivity index (χ0v) is 11.6. The molecule has 0 amide bonds. The number of hydrogen-bond donors (Lipinski definition) is 2. The van der Waals surface area contributed by atoms with Crippen molar-refractivity contribution in [3.63, 3.8) is 0 Å². The van der Waals surface area contributed by atoms with Gasteiger partial charge in [0.2, 0.25) is 5.88 Å². The van der Waals surface area contributed by atoms with Crippen molar-refractivity contribution in [3.8, 4) is 11.6 Å². The minimum atomic E-state index is -0.0531. The van der Waals surface area contributed by atoms with Gasteiger partial charge in [0.25, 0.3) is 0 Å². The van der Waals surface area contributed by atoms with E-state index in [0.717, 1.165) is 11.1 Å². The molecule has 0 spiro atoms. The SMILES string of the molecule is Cc1ccc(Oc2nnc(C)c(C)c2/C(N)=N/O)cc1. The molecule has 0 fully saturated rings. The Morgan fingerprint density at radius 1 is 1.15 bits per heavy atom. The summed E-state index contributed by atoms with van der Waals surface area (Å²) in [6, 6.07) is 7.49. The van der Waals surface area contributed by atoms with E-state index in [1.165, 1.54) is 0 Å². The molecule has 1 aromatic carbocycles. The molecule has 20 heavy (non-hydrogen) atoms. The van der Waals surface area contributed by atoms with Gasteiger partial charge in [-0.25, -0.2) is 0 Å². The van der Waals surface area contributed by atoms with E-state index in [4.69, 9.17) is 15.7 Å². The van der Waals surface area contributed by atoms with Gasteiger partial charge in [-0.1, -0.05) is 22.9 Å². The van der Waals surface area contributed by atoms with Gasteiger partial charge in [-0.15, -0.1) is 5.10 Å². The fourth-order valence-electron chi connectivity index (χ4n) is 1.73. The predicted octanol–water partition coefficient (Wildman–Crippen LogP) is 2.29. The molecule has 0 radical (unpaired) electrons. The van der Waals surface area contributed by atoms with Crippen molar-refractivity contribution in [2.75, 3.05) is 0 Å². The van der Waals surface area contributed by atoms with Crippen LogP contribution in [0.15, 0.2) is 29.4 Å². The number of hydrogen-bond acceptors (Lipinski definition) is 5. The third-order valence-electron chi connectivity index (χ3n) is 3.02. The molecule has 1 aromatic heterocycles. The number of nitrogens with zero attached hydrogens (tertiary/aromatic N) is 3. The molecule has 6 nitrogen and oxygen atoms in total. The second-order valence-corrected chi connectivity index (χ2v) is 4.49. The second-order valence-electron chi connectivity index (χ2n) is 4.49. The van der Waals surface area contributed by atoms with E-state index in [2.05, 4.69) is 15.4 Å². The van der Waals surface area contributed by atoms with Gasteiger partial charge in [-0.2, -0.15) is 5.10 Å². The van der Waals surface area contributed by atoms with E-state index in [-0.39, 0.29) is 11.7 Å². The molecule has 2 rings (SSSR count). The van der Waals surface area contributed by atoms with E-state index in [1.807, 2.05) is 38.1 Å². The lowest BCUT2D eigenvalue weighted by molar-refractivity contribution is 0.318. The number of rotatable bonds is 3. The fraction of sp³-hybridized carbons (Fsp3) is 0.214. The summed E-state index contributed by atoms with van der Waals surface area (Å²) >= 11 is 0. The lowest BCUT2D eigenvalue weighted by Crippen LogP contribution is -2.18. The van der Waals surface area contributed by atoms with Crippen LogP contribution in [0.5, 0.6) is 11.6 Å². The van der Waals surface area contributed by atoms with Crippen LogP contribution in [0.1, 0.15) is 22.4 Å². The molecule has 1 heterocycles. The smallest absolute Gasteiger partial charge is 0.250 e. The lowest BCUT2D eigenvalue weighted by Gasteiger charge is -2.12. The van der Waals surface area contributed by atoms with Crippen molar-refractivity contribution in [1.82, 2.24) is 10.2 Å². The lowest BCUT2D eigenvalue weighted by atomic mass is 10.1. The number of oxime groups is 1. The van der Waals surface area contributed by atoms with Crippen LogP contribution in [0, 0.1) is 20.8 Å². The Kier molecular flexibility index (Phi) is 3.84. The topological polar surface area (TPSA) is 93.6 Å². The molecular formula is C14H16N4O2. The van der Waals surface area contributed by atoms with Gasteiger partial charge in [0.05, 0.1) is 11.3 Å². The summed E-state index contributed by atoms with van der Waals surface area (Å²) in [6.07, 6.45) is 0. The van der Waals surface area contributed by atoms with Gasteiger partial charge in [0, 0.05) is 0 Å². The number of amidine groups is 1. The van der Waals surface area contributed by atoms with Crippen LogP contribution in [0.3, 0.4) is 0 Å². The first-order valence-corrected chi connectivity index (χ1v) is 6.09. The number of aryl methyl sites for hydroxylation is 2. The normalized spacial score (nSPS) is 11.4. The van der Waals surface area contributed by atoms with Gasteiger partial charge < -0.3 is 15.7 Å². The highest BCUT2D eigenvalue weighted by molar-refractivity contribution is 6.00. The molecule has 2 aromatic rings. The van der Waals surface area contributed by atoms with E-state index >= 15 is 0 Å². The standard InChI is InChI=1S/C14H16N4O2/c1-8-4-6-11(7-5-8)20-14-12(13(15)18-19)9(2)10(3)16-17-14/h4-7,19H,1-3H3,(H2,15,18). The zero-order chi connectivity index (χ0) is 14.7. The van der Waals surface area contributed by atoms with Crippen molar-refractivity contribution < 1.29 is 9.94 Å². The Labute approximate surface area is 116 Å². The summed E-state index contributed by atoms with van der Waals surface area (Å²) in [6.45, 7) is 5.60. The van der Waals surface area contributed by atoms with Gasteiger partial charge in [0.15, 0.2) is 5.84 Å². The first kappa shape index (κ1) is 13.8. The molecule has 0 aliphatic rings. The molecule has 0 atom stereocenters. The average molecular weight is 272 g/mol. The third-order valence-corrected chi connectivity index (χ3v) is 3.02. The van der Waals surface area contributed by atoms with Crippen LogP contribution in [0.25, 0.3) is 0 Å². The maximum atomic E-state index is 8.89. The Bertz CT molecular complexity index is 651. The Hall–Kier alpha value is -2.63. The van der Waals surface area contributed by atoms with Gasteiger partial charge in [0.1, 0.15) is 5.75 Å². The highest BCUT2D eigenvalue weighted by Gasteiger charge is 2.17. The summed E-state index contributed by atoms with van der Waals surface area (Å²) in [7, 11) is 0. The monoisotopic (exact) mass is 272 g/mol. The predicted molar refractivity (Wildman–Crippen MR) is 75.3 cm³/mol. The van der Waals surface area contributed by atoms with Crippen LogP contribution in [0.2, 0.25) is 0 Å². The number of ether oxygens (including phenoxy) is 1. The van der Waals surface area contributed by atoms with Crippen LogP contribution in [-0.2, 0) is 0 Å². The highest BCUT2D eigenvalue weighted by Crippen LogP contribution is 2.25. The van der Waals surface area contributed by atoms with Crippen molar-refractivity contribution >= 4 is 5.84 Å². The molecule has 0 saturated carbocycles. The summed E-state index contributed by atoms with van der Waals surface area (Å²) in [5.74, 6) is 0.773. The largest absolute Gasteiger partial charge is 0.437 e. The van der Waals surface area contributed by atoms with Gasteiger partial charge in [-0.3, -0.25) is 0 Å². The van der Waals surface area contributed by atoms with Crippen LogP contribution in [-0.4, -0.2) is 21.2 Å². The molecule has 0 unspecified atom stereocenters. The van der Waals surface area contributed by atoms with Crippen molar-refractivity contribution in [2.24, 2.45) is 10.9 Å². The summed E-state index contributed by atoms with van der Waals surface area (Å²) < 4.78 is 5.68. The molecule has 0 aliphatic heterocycles. The Morgan fingerprint density at radius 3 is 2.40 bits per heavy atom. The molecule has 0 aliphatic carbocycles. The third kappa shape index (κ3) is 2.69. The maximum Gasteiger partial charge on any atom is 0.250 e. The fourth-order valence-corrected chi connectivity index (χ4v) is 1.73. The minimum Gasteiger partial charge on any atom is -0.437 e. The van der Waals surface area contributed by atoms with Gasteiger partial charge in [-0.05, 0) is 38.5 Å². The molecule has 3 N–H and O–H groups in total. The first-order chi connectivity index (χ1) is 9.52. The minimum absolute atomic E-state index is 0.0531. The quantitative estimate of drug-likeness (QED) is 0.387. The van der Waals surface area contributed by atoms with Crippen LogP contribution >= 0.6 is 0 Å². The van der Waals surface area contributed by atoms with E-state index in [9.17, 15) is 0 Å². The second kappa shape index (κ2) is 5.56. The average Bonchev–Trinajstić information content (AvgIpc) is 2.45. The summed E-state index contributed by atoms with van der Waals surface area (Å²) in [5.41, 5.74) is 8.72. The van der Waals surface area contributed by atoms with E-state index in [0.29, 0.717) is 17.0 Å². The van der Waals surface area contributed by atoms with Crippen LogP contribution in [0.4, 0.5) is 0 Å². The summed E-state index contributed by atoms with van der Waals surface area (Å²) in [4.78, 5) is 0. The molecule has 0 bridgehead atoms. The van der Waals surface area contributed by atoms with Gasteiger partial charge >= 0.3 is 0 Å². The summed E-state index contributed by atoms with van der Waals surface area (Å²) in [5, 5.41) is 19.9. The maximum absolute atomic E-state index is 8.89. The molecule has 104 valence electrons. The van der Waals surface area contributed by atoms with Crippen molar-refractivity contribution in [3.05, 3.63) is 46.6 Å². The number of benzene rings is 1. The highest BCUT2D eigenvalue weighted by atomic mass is 16.5. The molecule has 6 heteroatoms. The van der Waals surface area contributed by atoms with E-state index < -0.39 is 0 Å². The van der Waals surface area contributed by atoms with E-state index in [1.54, 1.807) is 6.92 Å². The zero-order valence-electron chi connectivity index (χ0n) is 11.6. The number of nitrogens with two attached hydrogens (primary N) is 1. The Morgan fingerprint density at radius 2 is 1.80 bits per heavy atom. The molecule has 0 saturated heterocycles. The molecular weight excluding hydrogens is 256 g/mol. The Balaban J connectivity index is 2.46. The van der Waals surface area contributed by atoms with Crippen molar-refractivity contribution in [2.45, 2.75) is 20.8 Å².